The number of ketones is 1. The Kier molecular flexibility index (Phi) is 3.11. The van der Waals surface area contributed by atoms with Crippen LogP contribution < -0.4 is 0 Å². The second-order valence-electron chi connectivity index (χ2n) is 3.62. The number of carbonyl (C=O) groups excluding carboxylic acids is 2. The van der Waals surface area contributed by atoms with Crippen LogP contribution in [0.4, 0.5) is 4.53 Å². The van der Waals surface area contributed by atoms with E-state index in [0.29, 0.717) is 29.9 Å². The molecular weight excluding hydrogens is 410 g/mol. The number of Topliss-reactive ketones (excluding diaryl/α,β-unsaturated/α-hetero) is 1. The van der Waals surface area contributed by atoms with Crippen LogP contribution in [0, 0.1) is 6.92 Å². The van der Waals surface area contributed by atoms with Crippen molar-refractivity contribution >= 4 is 37.8 Å². The molecule has 1 aliphatic rings. The van der Waals surface area contributed by atoms with E-state index in [1.807, 2.05) is 2.71 Å². The van der Waals surface area contributed by atoms with Gasteiger partial charge in [0, 0.05) is 0 Å². The van der Waals surface area contributed by atoms with Crippen LogP contribution in [0.3, 0.4) is 0 Å². The van der Waals surface area contributed by atoms with Crippen molar-refractivity contribution in [2.24, 2.45) is 0 Å². The van der Waals surface area contributed by atoms with Crippen molar-refractivity contribution in [3.63, 3.8) is 0 Å². The van der Waals surface area contributed by atoms with Crippen molar-refractivity contribution in [2.75, 3.05) is 6.54 Å². The molecule has 0 saturated heterocycles. The molecule has 0 bridgehead atoms. The molecular formula is C9H8FN2O3Pb. The second-order valence-corrected chi connectivity index (χ2v) is 6.08. The first-order valence-corrected chi connectivity index (χ1v) is 6.32. The fraction of sp³-hybridized carbons (Fsp3) is 0.333. The number of fused-ring (bicyclic) bond motifs is 1. The molecule has 5 nitrogen and oxygen atoms in total. The van der Waals surface area contributed by atoms with E-state index in [1.165, 1.54) is 0 Å². The number of aromatic amines is 1. The summed E-state index contributed by atoms with van der Waals surface area (Å²) in [4.78, 5) is 28.8. The number of aromatic nitrogens is 1. The van der Waals surface area contributed by atoms with E-state index < -0.39 is 5.97 Å². The summed E-state index contributed by atoms with van der Waals surface area (Å²) in [6.07, 6.45) is 0. The van der Waals surface area contributed by atoms with Crippen LogP contribution in [-0.2, 0) is 11.5 Å². The fourth-order valence-electron chi connectivity index (χ4n) is 1.90. The zero-order chi connectivity index (χ0) is 11.9. The van der Waals surface area contributed by atoms with Crippen molar-refractivity contribution in [2.45, 2.75) is 13.5 Å². The van der Waals surface area contributed by atoms with E-state index in [1.54, 1.807) is 6.92 Å². The van der Waals surface area contributed by atoms with Gasteiger partial charge in [0.25, 0.3) is 0 Å². The predicted octanol–water partition coefficient (Wildman–Crippen LogP) is 0.446. The van der Waals surface area contributed by atoms with Crippen molar-refractivity contribution in [1.82, 2.24) is 7.69 Å². The standard InChI is InChI=1S/C9H8FN2O3.Pb/c1-4-7-5(2-11-3-6(7)13)12-8(4)9(14)15-10;/h12H,2-3H2,1H3;/q-1;+1. The fourth-order valence-corrected chi connectivity index (χ4v) is 3.07. The Bertz CT molecular complexity index is 472. The number of hydrogen-bond donors (Lipinski definition) is 1. The molecule has 16 heavy (non-hydrogen) atoms. The second kappa shape index (κ2) is 4.24. The average Bonchev–Trinajstić information content (AvgIpc) is 2.54. The van der Waals surface area contributed by atoms with E-state index in [9.17, 15) is 14.1 Å². The maximum absolute atomic E-state index is 11.8. The van der Waals surface area contributed by atoms with Crippen molar-refractivity contribution in [3.8, 4) is 0 Å². The van der Waals surface area contributed by atoms with E-state index in [0.717, 1.165) is 26.1 Å². The number of hydrogen-bond acceptors (Lipinski definition) is 4. The van der Waals surface area contributed by atoms with E-state index in [2.05, 4.69) is 9.93 Å². The third-order valence-corrected chi connectivity index (χ3v) is 3.79. The molecule has 0 unspecified atom stereocenters. The number of nitrogens with zero attached hydrogens (tertiary/aromatic N) is 1. The third kappa shape index (κ3) is 1.79. The SMILES string of the molecule is Cc1c(C(=O)OF)[nH]c2c1C(=O)C[N]([Pb])C2. The van der Waals surface area contributed by atoms with Crippen LogP contribution in [0.5, 0.6) is 0 Å². The molecule has 2 rings (SSSR count). The van der Waals surface area contributed by atoms with E-state index in [-0.39, 0.29) is 11.5 Å². The summed E-state index contributed by atoms with van der Waals surface area (Å²) < 4.78 is 13.8. The number of H-pyrrole nitrogens is 1. The summed E-state index contributed by atoms with van der Waals surface area (Å²) in [6, 6.07) is 0. The van der Waals surface area contributed by atoms with Crippen molar-refractivity contribution in [1.29, 1.82) is 0 Å². The van der Waals surface area contributed by atoms with Gasteiger partial charge in [0.2, 0.25) is 0 Å². The van der Waals surface area contributed by atoms with Gasteiger partial charge in [0.1, 0.15) is 0 Å². The molecule has 0 aromatic carbocycles. The van der Waals surface area contributed by atoms with Gasteiger partial charge in [-0.15, -0.1) is 0 Å². The topological polar surface area (TPSA) is 62.4 Å². The van der Waals surface area contributed by atoms with E-state index in [4.69, 9.17) is 0 Å². The zero-order valence-corrected chi connectivity index (χ0v) is 12.4. The molecule has 0 atom stereocenters. The Morgan fingerprint density at radius 3 is 2.88 bits per heavy atom. The van der Waals surface area contributed by atoms with Crippen molar-refractivity contribution < 1.29 is 19.1 Å². The van der Waals surface area contributed by atoms with Crippen molar-refractivity contribution in [3.05, 3.63) is 22.5 Å². The average molecular weight is 418 g/mol. The summed E-state index contributed by atoms with van der Waals surface area (Å²) in [7, 11) is 0. The maximum atomic E-state index is 11.8. The minimum atomic E-state index is -1.08. The molecule has 0 fully saturated rings. The molecule has 2 heterocycles. The molecule has 0 aliphatic carbocycles. The summed E-state index contributed by atoms with van der Waals surface area (Å²) in [5.41, 5.74) is 1.67. The van der Waals surface area contributed by atoms with Gasteiger partial charge < -0.3 is 0 Å². The molecule has 3 radical (unpaired) electrons. The van der Waals surface area contributed by atoms with Gasteiger partial charge in [-0.2, -0.15) is 0 Å². The monoisotopic (exact) mass is 419 g/mol. The third-order valence-electron chi connectivity index (χ3n) is 2.56. The Morgan fingerprint density at radius 2 is 2.25 bits per heavy atom. The molecule has 1 aliphatic heterocycles. The van der Waals surface area contributed by atoms with Gasteiger partial charge in [-0.1, -0.05) is 0 Å². The van der Waals surface area contributed by atoms with Crippen LogP contribution >= 0.6 is 0 Å². The quantitative estimate of drug-likeness (QED) is 0.673. The Hall–Kier alpha value is -0.768. The van der Waals surface area contributed by atoms with Crippen LogP contribution in [-0.4, -0.2) is 52.1 Å². The first kappa shape index (κ1) is 11.7. The Balaban J connectivity index is 2.51. The summed E-state index contributed by atoms with van der Waals surface area (Å²) in [6.45, 7) is 2.57. The van der Waals surface area contributed by atoms with Crippen LogP contribution in [0.1, 0.15) is 32.1 Å². The zero-order valence-electron chi connectivity index (χ0n) is 8.46. The molecule has 0 saturated carbocycles. The first-order chi connectivity index (χ1) is 7.54. The summed E-state index contributed by atoms with van der Waals surface area (Å²) in [5.74, 6) is -1.12. The molecule has 7 heteroatoms. The van der Waals surface area contributed by atoms with Gasteiger partial charge >= 0.3 is 107 Å². The van der Waals surface area contributed by atoms with Gasteiger partial charge in [0.05, 0.1) is 0 Å². The molecule has 1 aromatic rings. The number of nitrogens with one attached hydrogen (secondary N) is 1. The van der Waals surface area contributed by atoms with Gasteiger partial charge in [-0.05, 0) is 0 Å². The predicted molar refractivity (Wildman–Crippen MR) is 52.5 cm³/mol. The molecule has 1 aromatic heterocycles. The number of carbonyl (C=O) groups is 2. The molecule has 83 valence electrons. The van der Waals surface area contributed by atoms with Crippen LogP contribution in [0.25, 0.3) is 0 Å². The van der Waals surface area contributed by atoms with Crippen LogP contribution in [0.2, 0.25) is 0 Å². The Morgan fingerprint density at radius 1 is 1.56 bits per heavy atom. The van der Waals surface area contributed by atoms with Gasteiger partial charge in [0.15, 0.2) is 0 Å². The van der Waals surface area contributed by atoms with Gasteiger partial charge in [-0.3, -0.25) is 0 Å². The number of halogens is 1. The first-order valence-electron chi connectivity index (χ1n) is 4.58. The molecule has 0 spiro atoms. The molecule has 1 N–H and O–H groups in total. The Labute approximate surface area is 107 Å². The number of rotatable bonds is 1. The summed E-state index contributed by atoms with van der Waals surface area (Å²) in [5, 5.41) is 0. The van der Waals surface area contributed by atoms with E-state index >= 15 is 0 Å². The van der Waals surface area contributed by atoms with Gasteiger partial charge in [-0.25, -0.2) is 0 Å². The van der Waals surface area contributed by atoms with Crippen LogP contribution in [0.15, 0.2) is 0 Å². The normalized spacial score (nSPS) is 16.1. The molecule has 0 amide bonds. The minimum absolute atomic E-state index is 0.0258. The summed E-state index contributed by atoms with van der Waals surface area (Å²) >= 11 is 0.764.